The van der Waals surface area contributed by atoms with Crippen molar-refractivity contribution in [3.05, 3.63) is 11.6 Å². The normalized spacial score (nSPS) is 43.2. The fourth-order valence-electron chi connectivity index (χ4n) is 12.7. The van der Waals surface area contributed by atoms with Crippen LogP contribution in [-0.4, -0.2) is 12.1 Å². The first-order valence-corrected chi connectivity index (χ1v) is 19.9. The summed E-state index contributed by atoms with van der Waals surface area (Å²) < 4.78 is 6.44. The maximum atomic E-state index is 13.2. The van der Waals surface area contributed by atoms with Crippen molar-refractivity contribution in [2.75, 3.05) is 0 Å². The molecular weight excluding hydrogens is 548 g/mol. The number of allylic oxidation sites excluding steroid dienone is 2. The molecule has 0 aromatic carbocycles. The van der Waals surface area contributed by atoms with Crippen LogP contribution in [0.4, 0.5) is 0 Å². The van der Waals surface area contributed by atoms with Crippen molar-refractivity contribution in [1.29, 1.82) is 0 Å². The lowest BCUT2D eigenvalue weighted by atomic mass is 9.30. The zero-order chi connectivity index (χ0) is 32.9. The van der Waals surface area contributed by atoms with Gasteiger partial charge in [-0.05, 0) is 115 Å². The first-order valence-electron chi connectivity index (χ1n) is 19.9. The van der Waals surface area contributed by atoms with E-state index in [2.05, 4.69) is 75.3 Å². The van der Waals surface area contributed by atoms with E-state index in [0.29, 0.717) is 34.0 Å². The van der Waals surface area contributed by atoms with Gasteiger partial charge in [-0.2, -0.15) is 0 Å². The van der Waals surface area contributed by atoms with Crippen LogP contribution in [0.5, 0.6) is 0 Å². The second kappa shape index (κ2) is 12.6. The van der Waals surface area contributed by atoms with E-state index in [0.717, 1.165) is 18.8 Å². The van der Waals surface area contributed by atoms with Crippen LogP contribution in [0.1, 0.15) is 198 Å². The molecule has 0 aromatic heterocycles. The van der Waals surface area contributed by atoms with Gasteiger partial charge >= 0.3 is 5.97 Å². The van der Waals surface area contributed by atoms with Gasteiger partial charge in [-0.3, -0.25) is 4.79 Å². The summed E-state index contributed by atoms with van der Waals surface area (Å²) in [5, 5.41) is 0. The summed E-state index contributed by atoms with van der Waals surface area (Å²) in [6.45, 7) is 25.6. The maximum Gasteiger partial charge on any atom is 0.306 e. The predicted octanol–water partition coefficient (Wildman–Crippen LogP) is 13.0. The van der Waals surface area contributed by atoms with Crippen LogP contribution in [0.2, 0.25) is 0 Å². The Morgan fingerprint density at radius 3 is 2.02 bits per heavy atom. The Kier molecular flexibility index (Phi) is 9.93. The van der Waals surface area contributed by atoms with Gasteiger partial charge in [-0.15, -0.1) is 0 Å². The fourth-order valence-corrected chi connectivity index (χ4v) is 12.7. The Balaban J connectivity index is 1.26. The molecule has 0 saturated heterocycles. The summed E-state index contributed by atoms with van der Waals surface area (Å²) in [5.41, 5.74) is 3.85. The van der Waals surface area contributed by atoms with Gasteiger partial charge in [0.25, 0.3) is 0 Å². The summed E-state index contributed by atoms with van der Waals surface area (Å²) in [7, 11) is 0. The summed E-state index contributed by atoms with van der Waals surface area (Å²) in [4.78, 5) is 13.2. The first kappa shape index (κ1) is 35.5. The number of unbranched alkanes of at least 4 members (excludes halogenated alkanes) is 8. The monoisotopic (exact) mass is 623 g/mol. The number of rotatable bonds is 11. The number of fused-ring (bicyclic) bond motifs is 7. The minimum absolute atomic E-state index is 0.0289. The van der Waals surface area contributed by atoms with Gasteiger partial charge in [-0.1, -0.05) is 132 Å². The second-order valence-corrected chi connectivity index (χ2v) is 19.8. The van der Waals surface area contributed by atoms with Gasteiger partial charge in [0.15, 0.2) is 0 Å². The van der Waals surface area contributed by atoms with Gasteiger partial charge in [0, 0.05) is 11.8 Å². The minimum Gasteiger partial charge on any atom is -0.462 e. The third kappa shape index (κ3) is 5.83. The van der Waals surface area contributed by atoms with Gasteiger partial charge in [0.2, 0.25) is 0 Å². The largest absolute Gasteiger partial charge is 0.462 e. The SMILES string of the molecule is CCCCCCCCCCCC(=O)OC1CCC2(C)C3CC=C4C5CC(C)(C)CCC5(C)CCC4(C)C3(C)CCC2(C)C1(C)C. The Labute approximate surface area is 280 Å². The van der Waals surface area contributed by atoms with E-state index in [-0.39, 0.29) is 28.3 Å². The molecule has 0 aliphatic heterocycles. The van der Waals surface area contributed by atoms with E-state index in [9.17, 15) is 4.79 Å². The Morgan fingerprint density at radius 1 is 0.733 bits per heavy atom. The molecule has 8 atom stereocenters. The Morgan fingerprint density at radius 2 is 1.36 bits per heavy atom. The van der Waals surface area contributed by atoms with Gasteiger partial charge in [0.05, 0.1) is 0 Å². The highest BCUT2D eigenvalue weighted by Crippen LogP contribution is 2.78. The molecule has 0 radical (unpaired) electrons. The lowest BCUT2D eigenvalue weighted by Crippen LogP contribution is -2.68. The van der Waals surface area contributed by atoms with Crippen LogP contribution in [0, 0.1) is 49.7 Å². The van der Waals surface area contributed by atoms with Gasteiger partial charge < -0.3 is 4.74 Å². The standard InChI is InChI=1S/C43H74O2/c1-11-12-13-14-15-16-17-18-19-20-36(44)45-35-23-24-42(9)34-22-21-32-33-31-37(2,3)25-26-39(33,6)27-28-40(32,7)41(34,8)29-30-43(42,10)38(35,4)5/h21,33-35H,11-20,22-31H2,1-10H3. The molecule has 5 aliphatic carbocycles. The average molecular weight is 623 g/mol. The highest BCUT2D eigenvalue weighted by Gasteiger charge is 2.71. The molecule has 0 spiro atoms. The molecule has 5 aliphatic rings. The molecule has 258 valence electrons. The van der Waals surface area contributed by atoms with Crippen LogP contribution in [0.3, 0.4) is 0 Å². The molecule has 4 fully saturated rings. The summed E-state index contributed by atoms with van der Waals surface area (Å²) >= 11 is 0. The number of ether oxygens (including phenoxy) is 1. The lowest BCUT2D eigenvalue weighted by molar-refractivity contribution is -0.254. The van der Waals surface area contributed by atoms with Crippen molar-refractivity contribution >= 4 is 5.97 Å². The van der Waals surface area contributed by atoms with Crippen LogP contribution >= 0.6 is 0 Å². The third-order valence-corrected chi connectivity index (χ3v) is 16.9. The van der Waals surface area contributed by atoms with Gasteiger partial charge in [-0.25, -0.2) is 0 Å². The molecule has 45 heavy (non-hydrogen) atoms. The smallest absolute Gasteiger partial charge is 0.306 e. The van der Waals surface area contributed by atoms with Crippen molar-refractivity contribution in [2.45, 2.75) is 204 Å². The minimum atomic E-state index is -0.0289. The van der Waals surface area contributed by atoms with E-state index in [1.165, 1.54) is 109 Å². The van der Waals surface area contributed by atoms with Gasteiger partial charge in [0.1, 0.15) is 6.10 Å². The van der Waals surface area contributed by atoms with Crippen molar-refractivity contribution in [3.8, 4) is 0 Å². The van der Waals surface area contributed by atoms with Crippen LogP contribution in [0.25, 0.3) is 0 Å². The van der Waals surface area contributed by atoms with E-state index in [1.807, 2.05) is 5.57 Å². The Bertz CT molecular complexity index is 1100. The molecule has 4 saturated carbocycles. The quantitative estimate of drug-likeness (QED) is 0.130. The molecule has 8 unspecified atom stereocenters. The van der Waals surface area contributed by atoms with Crippen molar-refractivity contribution in [2.24, 2.45) is 49.7 Å². The number of hydrogen-bond acceptors (Lipinski definition) is 2. The van der Waals surface area contributed by atoms with Crippen molar-refractivity contribution < 1.29 is 9.53 Å². The highest BCUT2D eigenvalue weighted by atomic mass is 16.5. The number of esters is 1. The fraction of sp³-hybridized carbons (Fsp3) is 0.930. The lowest BCUT2D eigenvalue weighted by Gasteiger charge is -2.74. The molecule has 0 aromatic rings. The van der Waals surface area contributed by atoms with E-state index < -0.39 is 0 Å². The molecular formula is C43H74O2. The van der Waals surface area contributed by atoms with Crippen molar-refractivity contribution in [3.63, 3.8) is 0 Å². The summed E-state index contributed by atoms with van der Waals surface area (Å²) in [6, 6.07) is 0. The Hall–Kier alpha value is -0.790. The number of carbonyl (C=O) groups is 1. The molecule has 0 amide bonds. The number of hydrogen-bond donors (Lipinski definition) is 0. The number of carbonyl (C=O) groups excluding carboxylic acids is 1. The van der Waals surface area contributed by atoms with E-state index in [1.54, 1.807) is 0 Å². The topological polar surface area (TPSA) is 26.3 Å². The van der Waals surface area contributed by atoms with Crippen molar-refractivity contribution in [1.82, 2.24) is 0 Å². The molecule has 5 rings (SSSR count). The average Bonchev–Trinajstić information content (AvgIpc) is 2.97. The molecule has 2 heteroatoms. The molecule has 0 bridgehead atoms. The van der Waals surface area contributed by atoms with E-state index in [4.69, 9.17) is 4.74 Å². The summed E-state index contributed by atoms with van der Waals surface area (Å²) in [6.07, 6.45) is 28.0. The second-order valence-electron chi connectivity index (χ2n) is 19.8. The van der Waals surface area contributed by atoms with Crippen LogP contribution in [-0.2, 0) is 9.53 Å². The molecule has 0 N–H and O–H groups in total. The molecule has 2 nitrogen and oxygen atoms in total. The highest BCUT2D eigenvalue weighted by molar-refractivity contribution is 5.69. The zero-order valence-corrected chi connectivity index (χ0v) is 31.8. The maximum absolute atomic E-state index is 13.2. The van der Waals surface area contributed by atoms with Crippen LogP contribution < -0.4 is 0 Å². The molecule has 0 heterocycles. The summed E-state index contributed by atoms with van der Waals surface area (Å²) in [5.74, 6) is 1.51. The third-order valence-electron chi connectivity index (χ3n) is 16.9. The zero-order valence-electron chi connectivity index (χ0n) is 31.8. The predicted molar refractivity (Wildman–Crippen MR) is 191 cm³/mol. The first-order chi connectivity index (χ1) is 21.0. The van der Waals surface area contributed by atoms with E-state index >= 15 is 0 Å². The van der Waals surface area contributed by atoms with Crippen LogP contribution in [0.15, 0.2) is 11.6 Å².